The van der Waals surface area contributed by atoms with Crippen molar-refractivity contribution in [1.82, 2.24) is 15.0 Å². The lowest BCUT2D eigenvalue weighted by Crippen LogP contribution is -1.93. The number of aldehydes is 1. The summed E-state index contributed by atoms with van der Waals surface area (Å²) in [6.45, 7) is 0. The van der Waals surface area contributed by atoms with Crippen LogP contribution in [0.25, 0.3) is 11.0 Å². The number of hydrogen-bond acceptors (Lipinski definition) is 5. The molecule has 0 unspecified atom stereocenters. The highest BCUT2D eigenvalue weighted by Crippen LogP contribution is 2.24. The molecular weight excluding hydrogens is 394 g/mol. The lowest BCUT2D eigenvalue weighted by Gasteiger charge is -2.06. The van der Waals surface area contributed by atoms with Gasteiger partial charge in [-0.05, 0) is 54.6 Å². The number of H-pyrrole nitrogens is 1. The monoisotopic (exact) mass is 407 g/mol. The van der Waals surface area contributed by atoms with E-state index in [2.05, 4.69) is 41.5 Å². The maximum atomic E-state index is 10.8. The van der Waals surface area contributed by atoms with E-state index in [9.17, 15) is 4.79 Å². The molecule has 6 nitrogen and oxygen atoms in total. The Bertz CT molecular complexity index is 1070. The summed E-state index contributed by atoms with van der Waals surface area (Å²) in [6, 6.07) is 17.2. The number of rotatable bonds is 5. The second-order valence-electron chi connectivity index (χ2n) is 5.66. The van der Waals surface area contributed by atoms with E-state index in [0.29, 0.717) is 11.6 Å². The first-order chi connectivity index (χ1) is 12.7. The molecule has 0 atom stereocenters. The second kappa shape index (κ2) is 6.97. The van der Waals surface area contributed by atoms with E-state index in [-0.39, 0.29) is 0 Å². The zero-order valence-corrected chi connectivity index (χ0v) is 15.1. The molecule has 2 aromatic heterocycles. The molecule has 0 saturated carbocycles. The van der Waals surface area contributed by atoms with Crippen molar-refractivity contribution in [1.29, 1.82) is 0 Å². The van der Waals surface area contributed by atoms with Gasteiger partial charge in [-0.15, -0.1) is 0 Å². The molecular formula is C19H14BrN5O. The fourth-order valence-corrected chi connectivity index (χ4v) is 2.84. The average Bonchev–Trinajstić information content (AvgIpc) is 3.05. The first-order valence-corrected chi connectivity index (χ1v) is 8.69. The standard InChI is InChI=1S/C19H14BrN5O/c20-12-1-3-13(4-2-12)23-19-24-17-6-5-14(10-18(17)25-19)22-15-7-8-21-16(9-15)11-26/h1-11H,(H,21,22)(H2,23,24,25). The van der Waals surface area contributed by atoms with Crippen molar-refractivity contribution >= 4 is 56.3 Å². The minimum atomic E-state index is 0.388. The minimum absolute atomic E-state index is 0.388. The molecule has 2 heterocycles. The minimum Gasteiger partial charge on any atom is -0.355 e. The van der Waals surface area contributed by atoms with Crippen molar-refractivity contribution in [2.75, 3.05) is 10.6 Å². The van der Waals surface area contributed by atoms with Gasteiger partial charge in [0.25, 0.3) is 0 Å². The van der Waals surface area contributed by atoms with Crippen LogP contribution in [-0.4, -0.2) is 21.2 Å². The number of anilines is 4. The molecule has 0 bridgehead atoms. The van der Waals surface area contributed by atoms with Crippen LogP contribution < -0.4 is 10.6 Å². The van der Waals surface area contributed by atoms with Crippen LogP contribution in [-0.2, 0) is 0 Å². The number of imidazole rings is 1. The number of carbonyl (C=O) groups is 1. The summed E-state index contributed by atoms with van der Waals surface area (Å²) in [5, 5.41) is 6.51. The molecule has 128 valence electrons. The van der Waals surface area contributed by atoms with E-state index in [1.54, 1.807) is 12.3 Å². The molecule has 4 aromatic rings. The van der Waals surface area contributed by atoms with Gasteiger partial charge < -0.3 is 15.6 Å². The highest BCUT2D eigenvalue weighted by molar-refractivity contribution is 9.10. The highest BCUT2D eigenvalue weighted by Gasteiger charge is 2.05. The lowest BCUT2D eigenvalue weighted by molar-refractivity contribution is 0.111. The number of aromatic nitrogens is 3. The van der Waals surface area contributed by atoms with E-state index in [4.69, 9.17) is 0 Å². The number of hydrogen-bond donors (Lipinski definition) is 3. The Morgan fingerprint density at radius 3 is 2.50 bits per heavy atom. The third-order valence-electron chi connectivity index (χ3n) is 3.78. The van der Waals surface area contributed by atoms with Crippen molar-refractivity contribution in [2.45, 2.75) is 0 Å². The van der Waals surface area contributed by atoms with Crippen LogP contribution in [0, 0.1) is 0 Å². The number of halogens is 1. The third-order valence-corrected chi connectivity index (χ3v) is 4.31. The maximum Gasteiger partial charge on any atom is 0.205 e. The second-order valence-corrected chi connectivity index (χ2v) is 6.58. The van der Waals surface area contributed by atoms with Gasteiger partial charge in [0.05, 0.1) is 11.0 Å². The van der Waals surface area contributed by atoms with Crippen molar-refractivity contribution in [3.63, 3.8) is 0 Å². The Hall–Kier alpha value is -3.19. The van der Waals surface area contributed by atoms with Gasteiger partial charge in [-0.25, -0.2) is 4.98 Å². The van der Waals surface area contributed by atoms with E-state index in [0.717, 1.165) is 38.9 Å². The van der Waals surface area contributed by atoms with Crippen LogP contribution in [0.2, 0.25) is 0 Å². The van der Waals surface area contributed by atoms with Crippen LogP contribution in [0.5, 0.6) is 0 Å². The van der Waals surface area contributed by atoms with E-state index in [1.165, 1.54) is 0 Å². The van der Waals surface area contributed by atoms with Gasteiger partial charge in [0, 0.05) is 27.7 Å². The molecule has 0 amide bonds. The summed E-state index contributed by atoms with van der Waals surface area (Å²) < 4.78 is 1.03. The SMILES string of the molecule is O=Cc1cc(Nc2ccc3nc(Nc4ccc(Br)cc4)[nH]c3c2)ccn1. The number of benzene rings is 2. The number of aromatic amines is 1. The molecule has 0 saturated heterocycles. The normalized spacial score (nSPS) is 10.7. The lowest BCUT2D eigenvalue weighted by atomic mass is 10.2. The predicted octanol–water partition coefficient (Wildman–Crippen LogP) is 5.02. The topological polar surface area (TPSA) is 82.7 Å². The molecule has 3 N–H and O–H groups in total. The van der Waals surface area contributed by atoms with Gasteiger partial charge in [0.15, 0.2) is 6.29 Å². The molecule has 4 rings (SSSR count). The highest BCUT2D eigenvalue weighted by atomic mass is 79.9. The zero-order valence-electron chi connectivity index (χ0n) is 13.5. The summed E-state index contributed by atoms with van der Waals surface area (Å²) in [4.78, 5) is 22.6. The summed E-state index contributed by atoms with van der Waals surface area (Å²) in [7, 11) is 0. The molecule has 0 fully saturated rings. The number of carbonyl (C=O) groups excluding carboxylic acids is 1. The van der Waals surface area contributed by atoms with E-state index in [1.807, 2.05) is 48.5 Å². The van der Waals surface area contributed by atoms with Gasteiger partial charge in [0.2, 0.25) is 5.95 Å². The molecule has 0 spiro atoms. The van der Waals surface area contributed by atoms with Crippen LogP contribution in [0.4, 0.5) is 23.0 Å². The quantitative estimate of drug-likeness (QED) is 0.404. The van der Waals surface area contributed by atoms with Crippen LogP contribution >= 0.6 is 15.9 Å². The van der Waals surface area contributed by atoms with Gasteiger partial charge in [-0.3, -0.25) is 9.78 Å². The Kier molecular flexibility index (Phi) is 4.37. The smallest absolute Gasteiger partial charge is 0.205 e. The van der Waals surface area contributed by atoms with Crippen molar-refractivity contribution in [3.05, 3.63) is 71.0 Å². The first-order valence-electron chi connectivity index (χ1n) is 7.90. The van der Waals surface area contributed by atoms with E-state index >= 15 is 0 Å². The van der Waals surface area contributed by atoms with Gasteiger partial charge in [-0.2, -0.15) is 0 Å². The zero-order chi connectivity index (χ0) is 17.9. The fraction of sp³-hybridized carbons (Fsp3) is 0. The molecule has 0 aliphatic heterocycles. The van der Waals surface area contributed by atoms with Gasteiger partial charge >= 0.3 is 0 Å². The Morgan fingerprint density at radius 2 is 1.69 bits per heavy atom. The first kappa shape index (κ1) is 16.3. The number of nitrogens with one attached hydrogen (secondary N) is 3. The summed E-state index contributed by atoms with van der Waals surface area (Å²) in [5.41, 5.74) is 4.79. The van der Waals surface area contributed by atoms with E-state index < -0.39 is 0 Å². The molecule has 0 aliphatic carbocycles. The van der Waals surface area contributed by atoms with Gasteiger partial charge in [-0.1, -0.05) is 15.9 Å². The Labute approximate surface area is 157 Å². The average molecular weight is 408 g/mol. The third kappa shape index (κ3) is 3.57. The van der Waals surface area contributed by atoms with Crippen molar-refractivity contribution < 1.29 is 4.79 Å². The largest absolute Gasteiger partial charge is 0.355 e. The fourth-order valence-electron chi connectivity index (χ4n) is 2.57. The predicted molar refractivity (Wildman–Crippen MR) is 106 cm³/mol. The number of fused-ring (bicyclic) bond motifs is 1. The molecule has 26 heavy (non-hydrogen) atoms. The van der Waals surface area contributed by atoms with Crippen LogP contribution in [0.1, 0.15) is 10.5 Å². The molecule has 0 aliphatic rings. The summed E-state index contributed by atoms with van der Waals surface area (Å²) >= 11 is 3.42. The summed E-state index contributed by atoms with van der Waals surface area (Å²) in [6.07, 6.45) is 2.32. The Morgan fingerprint density at radius 1 is 0.923 bits per heavy atom. The maximum absolute atomic E-state index is 10.8. The number of nitrogens with zero attached hydrogens (tertiary/aromatic N) is 2. The van der Waals surface area contributed by atoms with Crippen LogP contribution in [0.3, 0.4) is 0 Å². The Balaban J connectivity index is 1.57. The van der Waals surface area contributed by atoms with Crippen molar-refractivity contribution in [2.24, 2.45) is 0 Å². The molecule has 0 radical (unpaired) electrons. The summed E-state index contributed by atoms with van der Waals surface area (Å²) in [5.74, 6) is 0.673. The number of pyridine rings is 1. The van der Waals surface area contributed by atoms with Gasteiger partial charge in [0.1, 0.15) is 5.69 Å². The molecule has 2 aromatic carbocycles. The molecule has 7 heteroatoms. The van der Waals surface area contributed by atoms with Crippen molar-refractivity contribution in [3.8, 4) is 0 Å². The van der Waals surface area contributed by atoms with Crippen LogP contribution in [0.15, 0.2) is 65.3 Å².